The Hall–Kier alpha value is -1.55. The summed E-state index contributed by atoms with van der Waals surface area (Å²) in [5.74, 6) is 0. The lowest BCUT2D eigenvalue weighted by atomic mass is 10.1. The third-order valence-corrected chi connectivity index (χ3v) is 4.13. The monoisotopic (exact) mass is 274 g/mol. The molecule has 1 heterocycles. The maximum absolute atomic E-state index is 12.5. The summed E-state index contributed by atoms with van der Waals surface area (Å²) in [4.78, 5) is 14.4. The molecule has 0 aromatic heterocycles. The Morgan fingerprint density at radius 3 is 2.35 bits per heavy atom. The number of nitrogens with one attached hydrogen (secondary N) is 1. The van der Waals surface area contributed by atoms with Crippen LogP contribution in [0, 0.1) is 0 Å². The minimum atomic E-state index is -0.136. The van der Waals surface area contributed by atoms with E-state index in [4.69, 9.17) is 4.74 Å². The highest BCUT2D eigenvalue weighted by molar-refractivity contribution is 5.76. The quantitative estimate of drug-likeness (QED) is 0.900. The maximum atomic E-state index is 12.5. The fourth-order valence-corrected chi connectivity index (χ4v) is 3.00. The highest BCUT2D eigenvalue weighted by Gasteiger charge is 2.46. The maximum Gasteiger partial charge on any atom is 0.318 e. The van der Waals surface area contributed by atoms with E-state index in [0.29, 0.717) is 13.1 Å². The molecular formula is C16H22N2O2. The van der Waals surface area contributed by atoms with Gasteiger partial charge in [0.25, 0.3) is 0 Å². The number of rotatable bonds is 2. The lowest BCUT2D eigenvalue weighted by Crippen LogP contribution is -2.53. The molecule has 3 rings (SSSR count). The van der Waals surface area contributed by atoms with E-state index in [2.05, 4.69) is 17.4 Å². The minimum Gasteiger partial charge on any atom is -0.372 e. The van der Waals surface area contributed by atoms with Crippen LogP contribution in [0.2, 0.25) is 0 Å². The molecule has 2 fully saturated rings. The van der Waals surface area contributed by atoms with Crippen LogP contribution in [0.15, 0.2) is 30.3 Å². The van der Waals surface area contributed by atoms with E-state index in [1.165, 1.54) is 5.56 Å². The second-order valence-electron chi connectivity index (χ2n) is 6.04. The molecule has 4 heteroatoms. The predicted octanol–water partition coefficient (Wildman–Crippen LogP) is 2.49. The Labute approximate surface area is 120 Å². The average Bonchev–Trinajstić information content (AvgIpc) is 3.19. The summed E-state index contributed by atoms with van der Waals surface area (Å²) in [6, 6.07) is 10.3. The number of morpholine rings is 1. The number of amides is 2. The Balaban J connectivity index is 1.67. The van der Waals surface area contributed by atoms with Gasteiger partial charge < -0.3 is 15.0 Å². The van der Waals surface area contributed by atoms with Crippen LogP contribution in [0.25, 0.3) is 0 Å². The van der Waals surface area contributed by atoms with Crippen LogP contribution >= 0.6 is 0 Å². The first kappa shape index (κ1) is 13.4. The molecule has 2 unspecified atom stereocenters. The normalized spacial score (nSPS) is 28.0. The van der Waals surface area contributed by atoms with Gasteiger partial charge >= 0.3 is 6.03 Å². The van der Waals surface area contributed by atoms with Gasteiger partial charge in [-0.1, -0.05) is 30.3 Å². The molecule has 1 N–H and O–H groups in total. The van der Waals surface area contributed by atoms with Crippen molar-refractivity contribution in [2.75, 3.05) is 13.1 Å². The van der Waals surface area contributed by atoms with Gasteiger partial charge in [-0.15, -0.1) is 0 Å². The van der Waals surface area contributed by atoms with Gasteiger partial charge in [0.05, 0.1) is 17.7 Å². The highest BCUT2D eigenvalue weighted by atomic mass is 16.5. The van der Waals surface area contributed by atoms with E-state index < -0.39 is 0 Å². The summed E-state index contributed by atoms with van der Waals surface area (Å²) in [5, 5.41) is 3.23. The lowest BCUT2D eigenvalue weighted by Gasteiger charge is -2.36. The van der Waals surface area contributed by atoms with Crippen LogP contribution in [0.4, 0.5) is 4.79 Å². The molecule has 2 atom stereocenters. The van der Waals surface area contributed by atoms with E-state index in [1.807, 2.05) is 36.9 Å². The van der Waals surface area contributed by atoms with Gasteiger partial charge in [-0.3, -0.25) is 0 Å². The molecule has 1 saturated heterocycles. The van der Waals surface area contributed by atoms with Crippen LogP contribution in [0.1, 0.15) is 32.3 Å². The molecule has 0 spiro atoms. The molecule has 4 nitrogen and oxygen atoms in total. The van der Waals surface area contributed by atoms with Gasteiger partial charge in [-0.2, -0.15) is 0 Å². The number of ether oxygens (including phenoxy) is 1. The lowest BCUT2D eigenvalue weighted by molar-refractivity contribution is -0.0548. The summed E-state index contributed by atoms with van der Waals surface area (Å²) >= 11 is 0. The van der Waals surface area contributed by atoms with Crippen molar-refractivity contribution >= 4 is 6.03 Å². The Bertz CT molecular complexity index is 475. The van der Waals surface area contributed by atoms with E-state index >= 15 is 0 Å². The number of hydrogen-bond donors (Lipinski definition) is 1. The van der Waals surface area contributed by atoms with Gasteiger partial charge in [0.2, 0.25) is 0 Å². The number of urea groups is 1. The zero-order chi connectivity index (χ0) is 14.2. The molecule has 1 aromatic rings. The highest BCUT2D eigenvalue weighted by Crippen LogP contribution is 2.45. The van der Waals surface area contributed by atoms with E-state index in [0.717, 1.165) is 12.8 Å². The number of carbonyl (C=O) groups excluding carboxylic acids is 1. The molecule has 20 heavy (non-hydrogen) atoms. The number of nitrogens with zero attached hydrogens (tertiary/aromatic N) is 1. The Kier molecular flexibility index (Phi) is 3.42. The molecule has 0 bridgehead atoms. The summed E-state index contributed by atoms with van der Waals surface area (Å²) in [5.41, 5.74) is 1.08. The second-order valence-corrected chi connectivity index (χ2v) is 6.04. The largest absolute Gasteiger partial charge is 0.372 e. The van der Waals surface area contributed by atoms with Crippen LogP contribution in [0.3, 0.4) is 0 Å². The van der Waals surface area contributed by atoms with Crippen molar-refractivity contribution in [2.24, 2.45) is 0 Å². The Morgan fingerprint density at radius 2 is 1.80 bits per heavy atom. The number of carbonyl (C=O) groups is 1. The van der Waals surface area contributed by atoms with Crippen molar-refractivity contribution in [1.82, 2.24) is 10.2 Å². The third kappa shape index (κ3) is 2.66. The van der Waals surface area contributed by atoms with E-state index in [9.17, 15) is 4.79 Å². The smallest absolute Gasteiger partial charge is 0.318 e. The van der Waals surface area contributed by atoms with Crippen LogP contribution in [0.5, 0.6) is 0 Å². The minimum absolute atomic E-state index is 0.0355. The summed E-state index contributed by atoms with van der Waals surface area (Å²) in [7, 11) is 0. The van der Waals surface area contributed by atoms with Crippen LogP contribution < -0.4 is 5.32 Å². The van der Waals surface area contributed by atoms with E-state index in [1.54, 1.807) is 0 Å². The molecule has 1 saturated carbocycles. The van der Waals surface area contributed by atoms with Crippen molar-refractivity contribution in [3.63, 3.8) is 0 Å². The number of benzene rings is 1. The molecular weight excluding hydrogens is 252 g/mol. The van der Waals surface area contributed by atoms with Gasteiger partial charge in [-0.25, -0.2) is 4.79 Å². The molecule has 0 radical (unpaired) electrons. The average molecular weight is 274 g/mol. The first-order chi connectivity index (χ1) is 9.59. The van der Waals surface area contributed by atoms with Gasteiger partial charge in [-0.05, 0) is 32.3 Å². The van der Waals surface area contributed by atoms with Crippen molar-refractivity contribution in [1.29, 1.82) is 0 Å². The van der Waals surface area contributed by atoms with Crippen LogP contribution in [-0.4, -0.2) is 36.2 Å². The topological polar surface area (TPSA) is 41.6 Å². The van der Waals surface area contributed by atoms with Crippen molar-refractivity contribution in [2.45, 2.75) is 44.4 Å². The Morgan fingerprint density at radius 1 is 1.20 bits per heavy atom. The van der Waals surface area contributed by atoms with Gasteiger partial charge in [0.1, 0.15) is 0 Å². The first-order valence-electron chi connectivity index (χ1n) is 7.37. The predicted molar refractivity (Wildman–Crippen MR) is 77.5 cm³/mol. The second kappa shape index (κ2) is 5.09. The standard InChI is InChI=1S/C16H22N2O2/c1-12-10-18(11-13(2)20-12)15(19)17-16(8-9-16)14-6-4-3-5-7-14/h3-7,12-13H,8-11H2,1-2H3,(H,17,19). The third-order valence-electron chi connectivity index (χ3n) is 4.13. The molecule has 1 aliphatic carbocycles. The molecule has 1 aromatic carbocycles. The zero-order valence-corrected chi connectivity index (χ0v) is 12.1. The van der Waals surface area contributed by atoms with Gasteiger partial charge in [0.15, 0.2) is 0 Å². The fourth-order valence-electron chi connectivity index (χ4n) is 3.00. The summed E-state index contributed by atoms with van der Waals surface area (Å²) in [6.07, 6.45) is 2.27. The van der Waals surface area contributed by atoms with Gasteiger partial charge in [0, 0.05) is 13.1 Å². The summed E-state index contributed by atoms with van der Waals surface area (Å²) in [6.45, 7) is 5.36. The van der Waals surface area contributed by atoms with E-state index in [-0.39, 0.29) is 23.8 Å². The van der Waals surface area contributed by atoms with Crippen LogP contribution in [-0.2, 0) is 10.3 Å². The first-order valence-corrected chi connectivity index (χ1v) is 7.37. The molecule has 1 aliphatic heterocycles. The van der Waals surface area contributed by atoms with Crippen molar-refractivity contribution in [3.8, 4) is 0 Å². The molecule has 2 aliphatic rings. The SMILES string of the molecule is CC1CN(C(=O)NC2(c3ccccc3)CC2)CC(C)O1. The zero-order valence-electron chi connectivity index (χ0n) is 12.1. The molecule has 108 valence electrons. The van der Waals surface area contributed by atoms with Crippen molar-refractivity contribution < 1.29 is 9.53 Å². The number of hydrogen-bond acceptors (Lipinski definition) is 2. The summed E-state index contributed by atoms with van der Waals surface area (Å²) < 4.78 is 5.68. The molecule has 2 amide bonds. The fraction of sp³-hybridized carbons (Fsp3) is 0.562. The van der Waals surface area contributed by atoms with Crippen molar-refractivity contribution in [3.05, 3.63) is 35.9 Å².